The molecule has 20 heavy (non-hydrogen) atoms. The van der Waals surface area contributed by atoms with Crippen molar-refractivity contribution in [3.8, 4) is 0 Å². The van der Waals surface area contributed by atoms with Crippen molar-refractivity contribution in [2.75, 3.05) is 7.05 Å². The minimum atomic E-state index is -0.201. The first kappa shape index (κ1) is 14.8. The van der Waals surface area contributed by atoms with Crippen molar-refractivity contribution in [2.45, 2.75) is 44.7 Å². The number of nitrogens with one attached hydrogen (secondary N) is 1. The quantitative estimate of drug-likeness (QED) is 0.386. The van der Waals surface area contributed by atoms with Gasteiger partial charge in [-0.25, -0.2) is 15.2 Å². The molecule has 0 aromatic heterocycles. The number of benzene rings is 1. The van der Waals surface area contributed by atoms with E-state index in [4.69, 9.17) is 5.84 Å². The van der Waals surface area contributed by atoms with Gasteiger partial charge in [0.25, 0.3) is 0 Å². The first-order chi connectivity index (χ1) is 9.70. The van der Waals surface area contributed by atoms with Gasteiger partial charge in [0, 0.05) is 19.2 Å². The molecule has 1 aliphatic carbocycles. The van der Waals surface area contributed by atoms with E-state index in [0.717, 1.165) is 12.8 Å². The summed E-state index contributed by atoms with van der Waals surface area (Å²) in [4.78, 5) is 6.52. The number of nitrogens with two attached hydrogens (primary N) is 1. The van der Waals surface area contributed by atoms with Crippen LogP contribution in [-0.4, -0.2) is 23.9 Å². The Balaban J connectivity index is 2.03. The van der Waals surface area contributed by atoms with Crippen molar-refractivity contribution in [1.29, 1.82) is 0 Å². The summed E-state index contributed by atoms with van der Waals surface area (Å²) in [6.07, 6.45) is 5.96. The van der Waals surface area contributed by atoms with E-state index in [1.165, 1.54) is 25.3 Å². The predicted molar refractivity (Wildman–Crippen MR) is 79.5 cm³/mol. The van der Waals surface area contributed by atoms with Gasteiger partial charge in [0.2, 0.25) is 5.96 Å². The van der Waals surface area contributed by atoms with E-state index in [-0.39, 0.29) is 5.82 Å². The van der Waals surface area contributed by atoms with E-state index in [1.54, 1.807) is 12.1 Å². The molecule has 1 saturated carbocycles. The summed E-state index contributed by atoms with van der Waals surface area (Å²) in [5.74, 6) is 5.99. The standard InChI is InChI=1S/C15H23FN4/c1-20(11-12-7-5-6-10-14(12)16)15(19-17)18-13-8-3-2-4-9-13/h5-7,10,13H,2-4,8-9,11,17H2,1H3,(H,18,19). The first-order valence-corrected chi connectivity index (χ1v) is 7.19. The molecule has 0 atom stereocenters. The molecule has 3 N–H and O–H groups in total. The van der Waals surface area contributed by atoms with E-state index in [9.17, 15) is 4.39 Å². The van der Waals surface area contributed by atoms with Crippen LogP contribution in [0.1, 0.15) is 37.7 Å². The van der Waals surface area contributed by atoms with Crippen LogP contribution < -0.4 is 11.3 Å². The fourth-order valence-electron chi connectivity index (χ4n) is 2.59. The molecule has 0 radical (unpaired) electrons. The van der Waals surface area contributed by atoms with Gasteiger partial charge in [0.05, 0.1) is 6.04 Å². The monoisotopic (exact) mass is 278 g/mol. The fourth-order valence-corrected chi connectivity index (χ4v) is 2.59. The molecule has 4 nitrogen and oxygen atoms in total. The van der Waals surface area contributed by atoms with Gasteiger partial charge in [-0.1, -0.05) is 37.5 Å². The summed E-state index contributed by atoms with van der Waals surface area (Å²) in [5, 5.41) is 0. The molecule has 0 bridgehead atoms. The van der Waals surface area contributed by atoms with Crippen LogP contribution in [0.25, 0.3) is 0 Å². The molecule has 0 spiro atoms. The molecule has 0 unspecified atom stereocenters. The average molecular weight is 278 g/mol. The summed E-state index contributed by atoms with van der Waals surface area (Å²) >= 11 is 0. The number of rotatable bonds is 3. The van der Waals surface area contributed by atoms with E-state index in [0.29, 0.717) is 24.1 Å². The molecule has 1 aromatic rings. The Kier molecular flexibility index (Phi) is 5.35. The molecule has 5 heteroatoms. The Morgan fingerprint density at radius 2 is 2.05 bits per heavy atom. The third kappa shape index (κ3) is 3.93. The molecule has 0 amide bonds. The Labute approximate surface area is 119 Å². The van der Waals surface area contributed by atoms with Gasteiger partial charge >= 0.3 is 0 Å². The lowest BCUT2D eigenvalue weighted by Crippen LogP contribution is -2.43. The predicted octanol–water partition coefficient (Wildman–Crippen LogP) is 2.41. The normalized spacial score (nSPS) is 17.1. The molecule has 0 aliphatic heterocycles. The number of halogens is 1. The van der Waals surface area contributed by atoms with Gasteiger partial charge in [0.1, 0.15) is 5.82 Å². The van der Waals surface area contributed by atoms with Gasteiger partial charge in [-0.2, -0.15) is 0 Å². The van der Waals surface area contributed by atoms with Crippen LogP contribution in [0.5, 0.6) is 0 Å². The lowest BCUT2D eigenvalue weighted by Gasteiger charge is -2.24. The first-order valence-electron chi connectivity index (χ1n) is 7.19. The van der Waals surface area contributed by atoms with Gasteiger partial charge < -0.3 is 4.90 Å². The van der Waals surface area contributed by atoms with E-state index in [2.05, 4.69) is 10.4 Å². The summed E-state index contributed by atoms with van der Waals surface area (Å²) < 4.78 is 13.7. The van der Waals surface area contributed by atoms with Crippen molar-refractivity contribution in [1.82, 2.24) is 10.3 Å². The smallest absolute Gasteiger partial charge is 0.208 e. The van der Waals surface area contributed by atoms with E-state index < -0.39 is 0 Å². The Morgan fingerprint density at radius 1 is 1.35 bits per heavy atom. The van der Waals surface area contributed by atoms with Crippen LogP contribution in [0, 0.1) is 5.82 Å². The van der Waals surface area contributed by atoms with Crippen molar-refractivity contribution >= 4 is 5.96 Å². The molecule has 1 aliphatic rings. The average Bonchev–Trinajstić information content (AvgIpc) is 2.48. The maximum absolute atomic E-state index is 13.7. The lowest BCUT2D eigenvalue weighted by molar-refractivity contribution is 0.419. The minimum Gasteiger partial charge on any atom is -0.341 e. The summed E-state index contributed by atoms with van der Waals surface area (Å²) in [5.41, 5.74) is 3.28. The van der Waals surface area contributed by atoms with E-state index in [1.807, 2.05) is 18.0 Å². The number of aliphatic imine (C=N–C) groups is 1. The van der Waals surface area contributed by atoms with Gasteiger partial charge in [-0.15, -0.1) is 0 Å². The second-order valence-electron chi connectivity index (χ2n) is 5.34. The highest BCUT2D eigenvalue weighted by Gasteiger charge is 2.15. The number of hydrogen-bond acceptors (Lipinski definition) is 2. The number of nitrogens with zero attached hydrogens (tertiary/aromatic N) is 2. The maximum Gasteiger partial charge on any atom is 0.208 e. The van der Waals surface area contributed by atoms with Crippen LogP contribution in [0.2, 0.25) is 0 Å². The second-order valence-corrected chi connectivity index (χ2v) is 5.34. The van der Waals surface area contributed by atoms with Crippen molar-refractivity contribution < 1.29 is 4.39 Å². The van der Waals surface area contributed by atoms with Crippen molar-refractivity contribution in [3.63, 3.8) is 0 Å². The highest BCUT2D eigenvalue weighted by molar-refractivity contribution is 5.79. The molecule has 0 saturated heterocycles. The molecule has 110 valence electrons. The molecule has 1 fully saturated rings. The number of hydrazine groups is 1. The summed E-state index contributed by atoms with van der Waals surface area (Å²) in [6.45, 7) is 0.447. The number of hydrogen-bond donors (Lipinski definition) is 2. The molecule has 2 rings (SSSR count). The molecule has 0 heterocycles. The van der Waals surface area contributed by atoms with E-state index >= 15 is 0 Å². The van der Waals surface area contributed by atoms with Gasteiger partial charge in [-0.3, -0.25) is 5.43 Å². The Bertz CT molecular complexity index is 455. The highest BCUT2D eigenvalue weighted by Crippen LogP contribution is 2.20. The zero-order valence-electron chi connectivity index (χ0n) is 12.0. The third-order valence-corrected chi connectivity index (χ3v) is 3.74. The lowest BCUT2D eigenvalue weighted by atomic mass is 9.96. The van der Waals surface area contributed by atoms with Crippen LogP contribution >= 0.6 is 0 Å². The zero-order chi connectivity index (χ0) is 14.4. The van der Waals surface area contributed by atoms with Gasteiger partial charge in [0.15, 0.2) is 0 Å². The topological polar surface area (TPSA) is 53.6 Å². The van der Waals surface area contributed by atoms with Crippen LogP contribution in [0.4, 0.5) is 4.39 Å². The number of guanidine groups is 1. The molecule has 1 aromatic carbocycles. The zero-order valence-corrected chi connectivity index (χ0v) is 12.0. The van der Waals surface area contributed by atoms with Crippen LogP contribution in [0.3, 0.4) is 0 Å². The van der Waals surface area contributed by atoms with Gasteiger partial charge in [-0.05, 0) is 18.9 Å². The van der Waals surface area contributed by atoms with Crippen LogP contribution in [0.15, 0.2) is 29.3 Å². The van der Waals surface area contributed by atoms with Crippen LogP contribution in [-0.2, 0) is 6.54 Å². The maximum atomic E-state index is 13.7. The third-order valence-electron chi connectivity index (χ3n) is 3.74. The Morgan fingerprint density at radius 3 is 2.70 bits per heavy atom. The summed E-state index contributed by atoms with van der Waals surface area (Å²) in [6, 6.07) is 7.10. The molecular weight excluding hydrogens is 255 g/mol. The molecular formula is C15H23FN4. The second kappa shape index (κ2) is 7.24. The fraction of sp³-hybridized carbons (Fsp3) is 0.533. The van der Waals surface area contributed by atoms with Crippen molar-refractivity contribution in [3.05, 3.63) is 35.6 Å². The Hall–Kier alpha value is -1.62. The minimum absolute atomic E-state index is 0.201. The largest absolute Gasteiger partial charge is 0.341 e. The van der Waals surface area contributed by atoms with Crippen molar-refractivity contribution in [2.24, 2.45) is 10.8 Å². The highest BCUT2D eigenvalue weighted by atomic mass is 19.1. The SMILES string of the molecule is CN(Cc1ccccc1F)C(=NC1CCCCC1)NN. The summed E-state index contributed by atoms with van der Waals surface area (Å²) in [7, 11) is 1.87.